The highest BCUT2D eigenvalue weighted by atomic mass is 127. The van der Waals surface area contributed by atoms with Crippen molar-refractivity contribution in [1.82, 2.24) is 4.57 Å². The molecule has 1 saturated carbocycles. The van der Waals surface area contributed by atoms with Crippen LogP contribution in [-0.2, 0) is 0 Å². The molecule has 1 fully saturated rings. The van der Waals surface area contributed by atoms with Crippen molar-refractivity contribution >= 4 is 28.6 Å². The van der Waals surface area contributed by atoms with Gasteiger partial charge in [0.2, 0.25) is 0 Å². The molecule has 2 unspecified atom stereocenters. The van der Waals surface area contributed by atoms with E-state index < -0.39 is 5.97 Å². The molecule has 1 aliphatic rings. The number of nitrogens with zero attached hydrogens (tertiary/aromatic N) is 1. The van der Waals surface area contributed by atoms with Gasteiger partial charge in [0.05, 0.1) is 0 Å². The summed E-state index contributed by atoms with van der Waals surface area (Å²) in [4.78, 5) is 11.2. The van der Waals surface area contributed by atoms with Crippen LogP contribution in [0.3, 0.4) is 0 Å². The van der Waals surface area contributed by atoms with Crippen molar-refractivity contribution in [1.29, 1.82) is 0 Å². The van der Waals surface area contributed by atoms with Gasteiger partial charge in [-0.3, -0.25) is 0 Å². The summed E-state index contributed by atoms with van der Waals surface area (Å²) >= 11 is 2.18. The number of aromatic carboxylic acids is 1. The quantitative estimate of drug-likeness (QED) is 0.828. The van der Waals surface area contributed by atoms with Crippen LogP contribution in [0.15, 0.2) is 12.3 Å². The molecule has 0 bridgehead atoms. The van der Waals surface area contributed by atoms with Crippen LogP contribution in [0.4, 0.5) is 0 Å². The molecule has 1 aromatic rings. The minimum atomic E-state index is -0.821. The predicted molar refractivity (Wildman–Crippen MR) is 75.3 cm³/mol. The second-order valence-electron chi connectivity index (χ2n) is 5.33. The first-order valence-corrected chi connectivity index (χ1v) is 7.16. The second-order valence-corrected chi connectivity index (χ2v) is 6.57. The third-order valence-electron chi connectivity index (χ3n) is 3.58. The van der Waals surface area contributed by atoms with Crippen LogP contribution in [0.2, 0.25) is 0 Å². The minimum Gasteiger partial charge on any atom is -0.477 e. The average Bonchev–Trinajstić information content (AvgIpc) is 2.59. The Labute approximate surface area is 115 Å². The van der Waals surface area contributed by atoms with E-state index >= 15 is 0 Å². The van der Waals surface area contributed by atoms with Crippen molar-refractivity contribution in [3.8, 4) is 0 Å². The number of rotatable bonds is 2. The van der Waals surface area contributed by atoms with Gasteiger partial charge in [-0.25, -0.2) is 4.79 Å². The number of halogens is 1. The zero-order valence-corrected chi connectivity index (χ0v) is 12.3. The highest BCUT2D eigenvalue weighted by Gasteiger charge is 2.27. The minimum absolute atomic E-state index is 0.350. The summed E-state index contributed by atoms with van der Waals surface area (Å²) in [7, 11) is 0. The van der Waals surface area contributed by atoms with E-state index in [1.54, 1.807) is 6.07 Å². The molecule has 0 aromatic carbocycles. The molecule has 0 spiro atoms. The number of carboxylic acid groups (broad SMARTS) is 1. The fraction of sp³-hybridized carbons (Fsp3) is 0.615. The molecule has 0 saturated heterocycles. The van der Waals surface area contributed by atoms with Crippen molar-refractivity contribution in [2.75, 3.05) is 0 Å². The fourth-order valence-corrected chi connectivity index (χ4v) is 3.65. The van der Waals surface area contributed by atoms with Crippen molar-refractivity contribution in [2.45, 2.75) is 39.2 Å². The monoisotopic (exact) mass is 347 g/mol. The molecule has 3 nitrogen and oxygen atoms in total. The standard InChI is InChI=1S/C13H18INO2/c1-8-3-9(2)5-11(4-8)15-7-10(14)6-12(15)13(16)17/h6-9,11H,3-5H2,1-2H3,(H,16,17). The van der Waals surface area contributed by atoms with Gasteiger partial charge in [0.15, 0.2) is 0 Å². The lowest BCUT2D eigenvalue weighted by molar-refractivity contribution is 0.0677. The van der Waals surface area contributed by atoms with Gasteiger partial charge in [-0.2, -0.15) is 0 Å². The van der Waals surface area contributed by atoms with Gasteiger partial charge in [-0.15, -0.1) is 0 Å². The normalized spacial score (nSPS) is 29.2. The first-order valence-electron chi connectivity index (χ1n) is 6.08. The van der Waals surface area contributed by atoms with E-state index in [4.69, 9.17) is 0 Å². The van der Waals surface area contributed by atoms with Crippen molar-refractivity contribution in [3.63, 3.8) is 0 Å². The maximum absolute atomic E-state index is 11.2. The van der Waals surface area contributed by atoms with Gasteiger partial charge in [0.1, 0.15) is 5.69 Å². The number of carboxylic acids is 1. The highest BCUT2D eigenvalue weighted by Crippen LogP contribution is 2.37. The Morgan fingerprint density at radius 1 is 1.35 bits per heavy atom. The highest BCUT2D eigenvalue weighted by molar-refractivity contribution is 14.1. The number of aromatic nitrogens is 1. The summed E-state index contributed by atoms with van der Waals surface area (Å²) in [5.41, 5.74) is 0.431. The molecule has 2 rings (SSSR count). The summed E-state index contributed by atoms with van der Waals surface area (Å²) in [5, 5.41) is 9.22. The van der Waals surface area contributed by atoms with Crippen LogP contribution in [0, 0.1) is 15.4 Å². The maximum Gasteiger partial charge on any atom is 0.352 e. The van der Waals surface area contributed by atoms with Gasteiger partial charge in [0.25, 0.3) is 0 Å². The van der Waals surface area contributed by atoms with E-state index in [1.807, 2.05) is 10.8 Å². The van der Waals surface area contributed by atoms with Crippen LogP contribution >= 0.6 is 22.6 Å². The molecule has 1 heterocycles. The Hall–Kier alpha value is -0.520. The lowest BCUT2D eigenvalue weighted by atomic mass is 9.80. The zero-order chi connectivity index (χ0) is 12.6. The number of hydrogen-bond acceptors (Lipinski definition) is 1. The lowest BCUT2D eigenvalue weighted by Crippen LogP contribution is -2.24. The van der Waals surface area contributed by atoms with E-state index in [9.17, 15) is 9.90 Å². The summed E-state index contributed by atoms with van der Waals surface area (Å²) in [5.74, 6) is 0.551. The van der Waals surface area contributed by atoms with Crippen LogP contribution in [0.5, 0.6) is 0 Å². The summed E-state index contributed by atoms with van der Waals surface area (Å²) in [6.45, 7) is 4.52. The molecule has 17 heavy (non-hydrogen) atoms. The Morgan fingerprint density at radius 3 is 2.47 bits per heavy atom. The van der Waals surface area contributed by atoms with Crippen LogP contribution in [0.25, 0.3) is 0 Å². The molecule has 1 N–H and O–H groups in total. The topological polar surface area (TPSA) is 42.2 Å². The van der Waals surface area contributed by atoms with Gasteiger partial charge < -0.3 is 9.67 Å². The van der Waals surface area contributed by atoms with Crippen molar-refractivity contribution in [2.24, 2.45) is 11.8 Å². The van der Waals surface area contributed by atoms with E-state index in [0.29, 0.717) is 23.6 Å². The third kappa shape index (κ3) is 2.84. The molecule has 1 aromatic heterocycles. The second kappa shape index (κ2) is 5.00. The molecule has 1 aliphatic carbocycles. The molecule has 0 aliphatic heterocycles. The molecule has 2 atom stereocenters. The van der Waals surface area contributed by atoms with E-state index in [-0.39, 0.29) is 0 Å². The Bertz CT molecular complexity index is 417. The SMILES string of the molecule is CC1CC(C)CC(n2cc(I)cc2C(=O)O)C1. The van der Waals surface area contributed by atoms with Crippen molar-refractivity contribution < 1.29 is 9.90 Å². The third-order valence-corrected chi connectivity index (χ3v) is 4.17. The molecule has 94 valence electrons. The Morgan fingerprint density at radius 2 is 1.94 bits per heavy atom. The molecular weight excluding hydrogens is 329 g/mol. The van der Waals surface area contributed by atoms with Gasteiger partial charge in [-0.1, -0.05) is 13.8 Å². The number of hydrogen-bond donors (Lipinski definition) is 1. The lowest BCUT2D eigenvalue weighted by Gasteiger charge is -2.33. The molecular formula is C13H18INO2. The summed E-state index contributed by atoms with van der Waals surface area (Å²) in [6.07, 6.45) is 5.42. The van der Waals surface area contributed by atoms with Gasteiger partial charge in [0, 0.05) is 15.8 Å². The Balaban J connectivity index is 2.29. The average molecular weight is 347 g/mol. The van der Waals surface area contributed by atoms with Crippen LogP contribution in [0.1, 0.15) is 49.6 Å². The first kappa shape index (κ1) is 12.9. The van der Waals surface area contributed by atoms with Crippen LogP contribution in [-0.4, -0.2) is 15.6 Å². The summed E-state index contributed by atoms with van der Waals surface area (Å²) in [6, 6.07) is 2.11. The maximum atomic E-state index is 11.2. The van der Waals surface area contributed by atoms with E-state index in [0.717, 1.165) is 16.4 Å². The first-order chi connectivity index (χ1) is 7.97. The predicted octanol–water partition coefficient (Wildman–Crippen LogP) is 3.79. The van der Waals surface area contributed by atoms with E-state index in [2.05, 4.69) is 36.4 Å². The zero-order valence-electron chi connectivity index (χ0n) is 10.2. The molecule has 4 heteroatoms. The smallest absolute Gasteiger partial charge is 0.352 e. The van der Waals surface area contributed by atoms with Crippen LogP contribution < -0.4 is 0 Å². The van der Waals surface area contributed by atoms with E-state index in [1.165, 1.54) is 6.42 Å². The fourth-order valence-electron chi connectivity index (χ4n) is 3.05. The largest absolute Gasteiger partial charge is 0.477 e. The Kier molecular flexibility index (Phi) is 3.80. The van der Waals surface area contributed by atoms with Gasteiger partial charge >= 0.3 is 5.97 Å². The van der Waals surface area contributed by atoms with Crippen molar-refractivity contribution in [3.05, 3.63) is 21.5 Å². The molecule has 0 radical (unpaired) electrons. The number of carbonyl (C=O) groups is 1. The summed E-state index contributed by atoms with van der Waals surface area (Å²) < 4.78 is 2.97. The molecule has 0 amide bonds. The van der Waals surface area contributed by atoms with Gasteiger partial charge in [-0.05, 0) is 59.8 Å².